The Hall–Kier alpha value is -0.540. The van der Waals surface area contributed by atoms with Crippen molar-refractivity contribution in [1.29, 1.82) is 0 Å². The molecule has 0 aliphatic heterocycles. The summed E-state index contributed by atoms with van der Waals surface area (Å²) in [6.07, 6.45) is 7.25. The van der Waals surface area contributed by atoms with Gasteiger partial charge in [0.15, 0.2) is 0 Å². The standard InChI is InChI=1S/C16H24BrNO/c1-3-14(18)10-12-9-13(17)8-11(2)16(12)19-15-6-4-5-7-15/h8-9,14-15H,3-7,10,18H2,1-2H3. The van der Waals surface area contributed by atoms with Crippen LogP contribution in [0.5, 0.6) is 5.75 Å². The maximum absolute atomic E-state index is 6.26. The number of nitrogens with two attached hydrogens (primary N) is 1. The number of ether oxygens (including phenoxy) is 1. The molecule has 0 bridgehead atoms. The van der Waals surface area contributed by atoms with Gasteiger partial charge in [-0.3, -0.25) is 0 Å². The van der Waals surface area contributed by atoms with Crippen LogP contribution in [0.15, 0.2) is 16.6 Å². The van der Waals surface area contributed by atoms with Gasteiger partial charge in [-0.15, -0.1) is 0 Å². The number of halogens is 1. The summed E-state index contributed by atoms with van der Waals surface area (Å²) < 4.78 is 7.37. The molecule has 1 aromatic carbocycles. The summed E-state index contributed by atoms with van der Waals surface area (Å²) in [5.74, 6) is 1.07. The van der Waals surface area contributed by atoms with Crippen molar-refractivity contribution < 1.29 is 4.74 Å². The van der Waals surface area contributed by atoms with E-state index >= 15 is 0 Å². The second-order valence-electron chi connectivity index (χ2n) is 5.61. The molecule has 2 rings (SSSR count). The first kappa shape index (κ1) is 14.9. The third kappa shape index (κ3) is 3.96. The largest absolute Gasteiger partial charge is 0.490 e. The Morgan fingerprint density at radius 3 is 2.68 bits per heavy atom. The molecule has 1 atom stereocenters. The molecule has 0 saturated heterocycles. The van der Waals surface area contributed by atoms with Crippen molar-refractivity contribution in [2.24, 2.45) is 5.73 Å². The molecule has 2 nitrogen and oxygen atoms in total. The minimum atomic E-state index is 0.208. The van der Waals surface area contributed by atoms with Gasteiger partial charge in [0, 0.05) is 10.5 Å². The second kappa shape index (κ2) is 6.76. The fourth-order valence-corrected chi connectivity index (χ4v) is 3.34. The Kier molecular flexibility index (Phi) is 5.28. The molecule has 2 N–H and O–H groups in total. The third-order valence-electron chi connectivity index (χ3n) is 3.91. The van der Waals surface area contributed by atoms with Gasteiger partial charge < -0.3 is 10.5 Å². The maximum Gasteiger partial charge on any atom is 0.125 e. The molecule has 3 heteroatoms. The molecule has 1 aliphatic carbocycles. The monoisotopic (exact) mass is 325 g/mol. The Bertz CT molecular complexity index is 427. The highest BCUT2D eigenvalue weighted by atomic mass is 79.9. The summed E-state index contributed by atoms with van der Waals surface area (Å²) in [6.45, 7) is 4.25. The summed E-state index contributed by atoms with van der Waals surface area (Å²) in [7, 11) is 0. The topological polar surface area (TPSA) is 35.2 Å². The van der Waals surface area contributed by atoms with E-state index in [2.05, 4.69) is 41.9 Å². The first-order valence-electron chi connectivity index (χ1n) is 7.31. The van der Waals surface area contributed by atoms with Crippen LogP contribution in [0.1, 0.15) is 50.2 Å². The quantitative estimate of drug-likeness (QED) is 0.872. The lowest BCUT2D eigenvalue weighted by Gasteiger charge is -2.20. The Morgan fingerprint density at radius 1 is 1.37 bits per heavy atom. The summed E-state index contributed by atoms with van der Waals surface area (Å²) in [5, 5.41) is 0. The molecule has 0 heterocycles. The van der Waals surface area contributed by atoms with Crippen molar-refractivity contribution in [3.63, 3.8) is 0 Å². The predicted octanol–water partition coefficient (Wildman–Crippen LogP) is 4.36. The molecule has 0 aromatic heterocycles. The highest BCUT2D eigenvalue weighted by Crippen LogP contribution is 2.32. The van der Waals surface area contributed by atoms with Crippen LogP contribution >= 0.6 is 15.9 Å². The van der Waals surface area contributed by atoms with Crippen LogP contribution in [0.25, 0.3) is 0 Å². The van der Waals surface area contributed by atoms with Crippen LogP contribution in [-0.2, 0) is 6.42 Å². The summed E-state index contributed by atoms with van der Waals surface area (Å²) in [4.78, 5) is 0. The summed E-state index contributed by atoms with van der Waals surface area (Å²) >= 11 is 3.58. The van der Waals surface area contributed by atoms with Gasteiger partial charge in [-0.25, -0.2) is 0 Å². The lowest BCUT2D eigenvalue weighted by Crippen LogP contribution is -2.22. The van der Waals surface area contributed by atoms with Gasteiger partial charge in [-0.1, -0.05) is 22.9 Å². The van der Waals surface area contributed by atoms with Gasteiger partial charge in [0.25, 0.3) is 0 Å². The first-order chi connectivity index (χ1) is 9.10. The average Bonchev–Trinajstić information content (AvgIpc) is 2.86. The molecule has 1 saturated carbocycles. The minimum absolute atomic E-state index is 0.208. The highest BCUT2D eigenvalue weighted by Gasteiger charge is 2.20. The van der Waals surface area contributed by atoms with E-state index in [1.54, 1.807) is 0 Å². The van der Waals surface area contributed by atoms with Crippen molar-refractivity contribution in [3.05, 3.63) is 27.7 Å². The van der Waals surface area contributed by atoms with Gasteiger partial charge in [-0.2, -0.15) is 0 Å². The van der Waals surface area contributed by atoms with Gasteiger partial charge in [0.1, 0.15) is 5.75 Å². The van der Waals surface area contributed by atoms with Crippen molar-refractivity contribution >= 4 is 15.9 Å². The molecule has 1 fully saturated rings. The van der Waals surface area contributed by atoms with Crippen molar-refractivity contribution in [1.82, 2.24) is 0 Å². The third-order valence-corrected chi connectivity index (χ3v) is 4.37. The van der Waals surface area contributed by atoms with Crippen LogP contribution in [0, 0.1) is 6.92 Å². The summed E-state index contributed by atoms with van der Waals surface area (Å²) in [5.41, 5.74) is 8.56. The fraction of sp³-hybridized carbons (Fsp3) is 0.625. The number of benzene rings is 1. The fourth-order valence-electron chi connectivity index (χ4n) is 2.72. The molecule has 19 heavy (non-hydrogen) atoms. The normalized spacial score (nSPS) is 17.7. The van der Waals surface area contributed by atoms with Crippen LogP contribution in [-0.4, -0.2) is 12.1 Å². The van der Waals surface area contributed by atoms with Crippen LogP contribution in [0.3, 0.4) is 0 Å². The predicted molar refractivity (Wildman–Crippen MR) is 83.7 cm³/mol. The molecule has 1 aliphatic rings. The van der Waals surface area contributed by atoms with E-state index in [4.69, 9.17) is 10.5 Å². The Morgan fingerprint density at radius 2 is 2.05 bits per heavy atom. The average molecular weight is 326 g/mol. The van der Waals surface area contributed by atoms with E-state index in [9.17, 15) is 0 Å². The van der Waals surface area contributed by atoms with Gasteiger partial charge in [0.05, 0.1) is 6.10 Å². The Labute approximate surface area is 124 Å². The van der Waals surface area contributed by atoms with Gasteiger partial charge >= 0.3 is 0 Å². The smallest absolute Gasteiger partial charge is 0.125 e. The van der Waals surface area contributed by atoms with Crippen molar-refractivity contribution in [3.8, 4) is 5.75 Å². The van der Waals surface area contributed by atoms with Crippen molar-refractivity contribution in [2.45, 2.75) is 64.5 Å². The second-order valence-corrected chi connectivity index (χ2v) is 6.52. The molecule has 106 valence electrons. The number of hydrogen-bond donors (Lipinski definition) is 1. The maximum atomic E-state index is 6.26. The molecule has 0 spiro atoms. The molecule has 1 aromatic rings. The van der Waals surface area contributed by atoms with E-state index in [-0.39, 0.29) is 6.04 Å². The SMILES string of the molecule is CCC(N)Cc1cc(Br)cc(C)c1OC1CCCC1. The van der Waals surface area contributed by atoms with Crippen LogP contribution in [0.2, 0.25) is 0 Å². The molecular formula is C16H24BrNO. The molecule has 1 unspecified atom stereocenters. The zero-order valence-corrected chi connectivity index (χ0v) is 13.5. The van der Waals surface area contributed by atoms with Gasteiger partial charge in [-0.05, 0) is 68.7 Å². The Balaban J connectivity index is 2.22. The van der Waals surface area contributed by atoms with E-state index in [1.165, 1.54) is 36.8 Å². The van der Waals surface area contributed by atoms with Crippen LogP contribution < -0.4 is 10.5 Å². The molecular weight excluding hydrogens is 302 g/mol. The number of rotatable bonds is 5. The van der Waals surface area contributed by atoms with E-state index < -0.39 is 0 Å². The highest BCUT2D eigenvalue weighted by molar-refractivity contribution is 9.10. The lowest BCUT2D eigenvalue weighted by molar-refractivity contribution is 0.206. The number of hydrogen-bond acceptors (Lipinski definition) is 2. The number of aryl methyl sites for hydroxylation is 1. The minimum Gasteiger partial charge on any atom is -0.490 e. The van der Waals surface area contributed by atoms with E-state index in [0.29, 0.717) is 6.10 Å². The lowest BCUT2D eigenvalue weighted by atomic mass is 10.0. The van der Waals surface area contributed by atoms with E-state index in [1.807, 2.05) is 0 Å². The van der Waals surface area contributed by atoms with Gasteiger partial charge in [0.2, 0.25) is 0 Å². The zero-order chi connectivity index (χ0) is 13.8. The first-order valence-corrected chi connectivity index (χ1v) is 8.10. The van der Waals surface area contributed by atoms with E-state index in [0.717, 1.165) is 23.1 Å². The van der Waals surface area contributed by atoms with Crippen molar-refractivity contribution in [2.75, 3.05) is 0 Å². The molecule has 0 amide bonds. The zero-order valence-electron chi connectivity index (χ0n) is 11.9. The molecule has 0 radical (unpaired) electrons. The summed E-state index contributed by atoms with van der Waals surface area (Å²) in [6, 6.07) is 4.50. The van der Waals surface area contributed by atoms with Crippen LogP contribution in [0.4, 0.5) is 0 Å².